The smallest absolute Gasteiger partial charge is 0.254 e. The Morgan fingerprint density at radius 2 is 2.21 bits per heavy atom. The van der Waals surface area contributed by atoms with Crippen molar-refractivity contribution in [1.29, 1.82) is 0 Å². The van der Waals surface area contributed by atoms with Crippen molar-refractivity contribution < 1.29 is 17.7 Å². The van der Waals surface area contributed by atoms with Gasteiger partial charge >= 0.3 is 0 Å². The summed E-state index contributed by atoms with van der Waals surface area (Å²) in [4.78, 5) is 18.8. The summed E-state index contributed by atoms with van der Waals surface area (Å²) in [6.07, 6.45) is 2.83. The number of hydrogen-bond acceptors (Lipinski definition) is 6. The van der Waals surface area contributed by atoms with Crippen molar-refractivity contribution in [3.8, 4) is 0 Å². The van der Waals surface area contributed by atoms with Crippen LogP contribution in [-0.4, -0.2) is 42.2 Å². The fourth-order valence-corrected chi connectivity index (χ4v) is 3.78. The summed E-state index contributed by atoms with van der Waals surface area (Å²) < 4.78 is 27.9. The Bertz CT molecular complexity index is 860. The number of benzene rings is 1. The van der Waals surface area contributed by atoms with Gasteiger partial charge in [0.1, 0.15) is 0 Å². The minimum absolute atomic E-state index is 0.0818. The number of carbonyl (C=O) groups excluding carboxylic acids is 1. The van der Waals surface area contributed by atoms with Gasteiger partial charge in [-0.3, -0.25) is 4.79 Å². The fourth-order valence-electron chi connectivity index (χ4n) is 2.99. The molecule has 2 aromatic rings. The molecule has 1 aliphatic heterocycles. The quantitative estimate of drug-likeness (QED) is 0.837. The number of likely N-dealkylation sites (tertiary alicyclic amines) is 1. The van der Waals surface area contributed by atoms with E-state index in [2.05, 4.69) is 10.1 Å². The molecular formula is C16H19N3O4S. The van der Waals surface area contributed by atoms with Gasteiger partial charge in [0.25, 0.3) is 5.91 Å². The van der Waals surface area contributed by atoms with Gasteiger partial charge in [0.2, 0.25) is 5.89 Å². The van der Waals surface area contributed by atoms with Crippen LogP contribution in [0.5, 0.6) is 0 Å². The second kappa shape index (κ2) is 6.35. The Labute approximate surface area is 140 Å². The Morgan fingerprint density at radius 3 is 2.88 bits per heavy atom. The Balaban J connectivity index is 1.84. The zero-order valence-corrected chi connectivity index (χ0v) is 14.4. The number of hydrogen-bond donors (Lipinski definition) is 0. The molecular weight excluding hydrogens is 330 g/mol. The minimum Gasteiger partial charge on any atom is -0.340 e. The summed E-state index contributed by atoms with van der Waals surface area (Å²) >= 11 is 0. The van der Waals surface area contributed by atoms with Crippen molar-refractivity contribution >= 4 is 15.7 Å². The van der Waals surface area contributed by atoms with Crippen LogP contribution >= 0.6 is 0 Å². The van der Waals surface area contributed by atoms with E-state index in [0.29, 0.717) is 29.4 Å². The third kappa shape index (κ3) is 3.64. The molecule has 0 unspecified atom stereocenters. The van der Waals surface area contributed by atoms with E-state index >= 15 is 0 Å². The van der Waals surface area contributed by atoms with Crippen LogP contribution < -0.4 is 0 Å². The van der Waals surface area contributed by atoms with Crippen LogP contribution in [0.3, 0.4) is 0 Å². The van der Waals surface area contributed by atoms with Crippen LogP contribution in [0.25, 0.3) is 0 Å². The maximum Gasteiger partial charge on any atom is 0.254 e. The van der Waals surface area contributed by atoms with Gasteiger partial charge in [0.05, 0.1) is 11.8 Å². The highest BCUT2D eigenvalue weighted by Gasteiger charge is 2.33. The lowest BCUT2D eigenvalue weighted by molar-refractivity contribution is 0.0728. The van der Waals surface area contributed by atoms with Crippen molar-refractivity contribution in [2.24, 2.45) is 0 Å². The Morgan fingerprint density at radius 1 is 1.42 bits per heavy atom. The highest BCUT2D eigenvalue weighted by molar-refractivity contribution is 7.89. The predicted octanol–water partition coefficient (Wildman–Crippen LogP) is 1.90. The van der Waals surface area contributed by atoms with E-state index in [1.807, 2.05) is 0 Å². The summed E-state index contributed by atoms with van der Waals surface area (Å²) in [6, 6.07) is 6.55. The maximum absolute atomic E-state index is 12.8. The molecule has 1 amide bonds. The topological polar surface area (TPSA) is 93.4 Å². The average Bonchev–Trinajstić information content (AvgIpc) is 3.13. The number of amides is 1. The molecule has 0 radical (unpaired) electrons. The number of aromatic nitrogens is 2. The lowest BCUT2D eigenvalue weighted by Gasteiger charge is -2.22. The zero-order valence-electron chi connectivity index (χ0n) is 13.6. The third-order valence-electron chi connectivity index (χ3n) is 3.96. The SMILES string of the molecule is Cc1nc([C@H]2CCCN2C(=O)c2cccc(CS(C)(=O)=O)c2)no1. The molecule has 0 aliphatic carbocycles. The number of sulfone groups is 1. The molecule has 0 spiro atoms. The minimum atomic E-state index is -3.15. The second-order valence-electron chi connectivity index (χ2n) is 6.10. The van der Waals surface area contributed by atoms with Crippen molar-refractivity contribution in [2.45, 2.75) is 31.6 Å². The number of rotatable bonds is 4. The normalized spacial score (nSPS) is 18.1. The number of aryl methyl sites for hydroxylation is 1. The lowest BCUT2D eigenvalue weighted by atomic mass is 10.1. The number of nitrogens with zero attached hydrogens (tertiary/aromatic N) is 3. The molecule has 8 heteroatoms. The largest absolute Gasteiger partial charge is 0.340 e. The van der Waals surface area contributed by atoms with Gasteiger partial charge in [-0.2, -0.15) is 4.98 Å². The summed E-state index contributed by atoms with van der Waals surface area (Å²) in [5.74, 6) is 0.766. The molecule has 1 aromatic heterocycles. The summed E-state index contributed by atoms with van der Waals surface area (Å²) in [7, 11) is -3.15. The van der Waals surface area contributed by atoms with Gasteiger partial charge in [-0.05, 0) is 30.5 Å². The zero-order chi connectivity index (χ0) is 17.3. The average molecular weight is 349 g/mol. The van der Waals surface area contributed by atoms with Gasteiger partial charge in [-0.25, -0.2) is 8.42 Å². The first-order valence-electron chi connectivity index (χ1n) is 7.71. The highest BCUT2D eigenvalue weighted by Crippen LogP contribution is 2.31. The molecule has 0 saturated carbocycles. The molecule has 1 fully saturated rings. The van der Waals surface area contributed by atoms with Crippen molar-refractivity contribution in [3.63, 3.8) is 0 Å². The van der Waals surface area contributed by atoms with Crippen LogP contribution in [0, 0.1) is 6.92 Å². The van der Waals surface area contributed by atoms with Crippen LogP contribution in [-0.2, 0) is 15.6 Å². The third-order valence-corrected chi connectivity index (χ3v) is 4.82. The highest BCUT2D eigenvalue weighted by atomic mass is 32.2. The van der Waals surface area contributed by atoms with E-state index in [1.54, 1.807) is 36.1 Å². The van der Waals surface area contributed by atoms with E-state index < -0.39 is 9.84 Å². The van der Waals surface area contributed by atoms with Gasteiger partial charge in [-0.15, -0.1) is 0 Å². The van der Waals surface area contributed by atoms with Crippen LogP contribution in [0.2, 0.25) is 0 Å². The summed E-state index contributed by atoms with van der Waals surface area (Å²) in [5, 5.41) is 3.93. The molecule has 2 heterocycles. The predicted molar refractivity (Wildman–Crippen MR) is 87.0 cm³/mol. The molecule has 0 bridgehead atoms. The van der Waals surface area contributed by atoms with Crippen molar-refractivity contribution in [1.82, 2.24) is 15.0 Å². The standard InChI is InChI=1S/C16H19N3O4S/c1-11-17-15(18-23-11)14-7-4-8-19(14)16(20)13-6-3-5-12(9-13)10-24(2,21)22/h3,5-6,9,14H,4,7-8,10H2,1-2H3/t14-/m1/s1. The van der Waals surface area contributed by atoms with Crippen LogP contribution in [0.1, 0.15) is 46.5 Å². The summed E-state index contributed by atoms with van der Waals surface area (Å²) in [6.45, 7) is 2.33. The molecule has 1 saturated heterocycles. The fraction of sp³-hybridized carbons (Fsp3) is 0.438. The molecule has 0 N–H and O–H groups in total. The Hall–Kier alpha value is -2.22. The molecule has 3 rings (SSSR count). The lowest BCUT2D eigenvalue weighted by Crippen LogP contribution is -2.31. The number of carbonyl (C=O) groups is 1. The van der Waals surface area contributed by atoms with Crippen LogP contribution in [0.4, 0.5) is 0 Å². The molecule has 7 nitrogen and oxygen atoms in total. The maximum atomic E-state index is 12.8. The molecule has 1 aromatic carbocycles. The van der Waals surface area contributed by atoms with Gasteiger partial charge in [0.15, 0.2) is 15.7 Å². The monoisotopic (exact) mass is 349 g/mol. The van der Waals surface area contributed by atoms with E-state index in [1.165, 1.54) is 6.26 Å². The molecule has 128 valence electrons. The van der Waals surface area contributed by atoms with Gasteiger partial charge in [-0.1, -0.05) is 17.3 Å². The van der Waals surface area contributed by atoms with Gasteiger partial charge in [0, 0.05) is 25.3 Å². The second-order valence-corrected chi connectivity index (χ2v) is 8.24. The Kier molecular flexibility index (Phi) is 4.40. The van der Waals surface area contributed by atoms with E-state index in [-0.39, 0.29) is 17.7 Å². The molecule has 24 heavy (non-hydrogen) atoms. The first kappa shape index (κ1) is 16.6. The first-order valence-corrected chi connectivity index (χ1v) is 9.77. The van der Waals surface area contributed by atoms with Gasteiger partial charge < -0.3 is 9.42 Å². The molecule has 1 aliphatic rings. The summed E-state index contributed by atoms with van der Waals surface area (Å²) in [5.41, 5.74) is 1.08. The van der Waals surface area contributed by atoms with E-state index in [4.69, 9.17) is 4.52 Å². The van der Waals surface area contributed by atoms with Crippen molar-refractivity contribution in [3.05, 3.63) is 47.1 Å². The van der Waals surface area contributed by atoms with Crippen molar-refractivity contribution in [2.75, 3.05) is 12.8 Å². The van der Waals surface area contributed by atoms with Crippen LogP contribution in [0.15, 0.2) is 28.8 Å². The van der Waals surface area contributed by atoms with E-state index in [0.717, 1.165) is 12.8 Å². The van der Waals surface area contributed by atoms with E-state index in [9.17, 15) is 13.2 Å². The molecule has 1 atom stereocenters. The first-order chi connectivity index (χ1) is 11.3.